The van der Waals surface area contributed by atoms with Crippen LogP contribution in [0.25, 0.3) is 0 Å². The largest absolute Gasteiger partial charge is 0.395 e. The molecule has 2 rings (SSSR count). The van der Waals surface area contributed by atoms with E-state index in [4.69, 9.17) is 23.2 Å². The average molecular weight is 329 g/mol. The van der Waals surface area contributed by atoms with E-state index in [2.05, 4.69) is 0 Å². The molecular formula is C16H15Cl2FO2. The highest BCUT2D eigenvalue weighted by atomic mass is 35.5. The summed E-state index contributed by atoms with van der Waals surface area (Å²) >= 11 is 12.2. The lowest BCUT2D eigenvalue weighted by atomic mass is 9.76. The summed E-state index contributed by atoms with van der Waals surface area (Å²) < 4.78 is 14.0. The third-order valence-corrected chi connectivity index (χ3v) is 4.31. The average Bonchev–Trinajstić information content (AvgIpc) is 2.49. The predicted molar refractivity (Wildman–Crippen MR) is 82.4 cm³/mol. The minimum Gasteiger partial charge on any atom is -0.395 e. The van der Waals surface area contributed by atoms with Gasteiger partial charge >= 0.3 is 0 Å². The van der Waals surface area contributed by atoms with E-state index in [1.165, 1.54) is 12.1 Å². The fraction of sp³-hybridized carbons (Fsp3) is 0.250. The lowest BCUT2D eigenvalue weighted by Gasteiger charge is -2.31. The Morgan fingerprint density at radius 1 is 0.905 bits per heavy atom. The summed E-state index contributed by atoms with van der Waals surface area (Å²) in [5.74, 6) is -0.471. The number of rotatable bonds is 5. The zero-order valence-electron chi connectivity index (χ0n) is 11.2. The minimum atomic E-state index is -1.09. The second kappa shape index (κ2) is 6.75. The van der Waals surface area contributed by atoms with Crippen LogP contribution in [0.5, 0.6) is 0 Å². The molecule has 0 aliphatic carbocycles. The predicted octanol–water partition coefficient (Wildman–Crippen LogP) is 3.60. The Kier molecular flexibility index (Phi) is 5.22. The molecule has 0 spiro atoms. The summed E-state index contributed by atoms with van der Waals surface area (Å²) in [7, 11) is 0. The summed E-state index contributed by atoms with van der Waals surface area (Å²) in [5, 5.41) is 20.3. The summed E-state index contributed by atoms with van der Waals surface area (Å²) in [5.41, 5.74) is -0.275. The normalized spacial score (nSPS) is 11.7. The van der Waals surface area contributed by atoms with Crippen LogP contribution in [0.3, 0.4) is 0 Å². The first-order chi connectivity index (χ1) is 10.0. The third-order valence-electron chi connectivity index (χ3n) is 3.63. The van der Waals surface area contributed by atoms with Gasteiger partial charge in [0.15, 0.2) is 0 Å². The van der Waals surface area contributed by atoms with Crippen molar-refractivity contribution in [2.75, 3.05) is 13.2 Å². The van der Waals surface area contributed by atoms with Gasteiger partial charge in [-0.1, -0.05) is 47.5 Å². The highest BCUT2D eigenvalue weighted by Gasteiger charge is 2.34. The Morgan fingerprint density at radius 3 is 2.10 bits per heavy atom. The van der Waals surface area contributed by atoms with Gasteiger partial charge in [0.05, 0.1) is 13.2 Å². The van der Waals surface area contributed by atoms with Crippen molar-refractivity contribution < 1.29 is 14.6 Å². The monoisotopic (exact) mass is 328 g/mol. The highest BCUT2D eigenvalue weighted by molar-refractivity contribution is 6.32. The molecule has 0 saturated heterocycles. The molecule has 0 atom stereocenters. The third kappa shape index (κ3) is 3.22. The Labute approximate surface area is 132 Å². The van der Waals surface area contributed by atoms with Crippen molar-refractivity contribution in [2.24, 2.45) is 0 Å². The summed E-state index contributed by atoms with van der Waals surface area (Å²) in [6.07, 6.45) is 0.0508. The highest BCUT2D eigenvalue weighted by Crippen LogP contribution is 2.35. The molecule has 0 saturated carbocycles. The van der Waals surface area contributed by atoms with Gasteiger partial charge in [-0.2, -0.15) is 0 Å². The molecule has 0 aliphatic heterocycles. The van der Waals surface area contributed by atoms with Gasteiger partial charge in [0, 0.05) is 21.0 Å². The van der Waals surface area contributed by atoms with Crippen LogP contribution < -0.4 is 0 Å². The first kappa shape index (κ1) is 16.2. The van der Waals surface area contributed by atoms with Crippen LogP contribution in [0.1, 0.15) is 11.1 Å². The fourth-order valence-electron chi connectivity index (χ4n) is 2.36. The van der Waals surface area contributed by atoms with Gasteiger partial charge < -0.3 is 10.2 Å². The van der Waals surface area contributed by atoms with E-state index in [9.17, 15) is 14.6 Å². The molecule has 2 nitrogen and oxygen atoms in total. The van der Waals surface area contributed by atoms with Crippen molar-refractivity contribution in [1.29, 1.82) is 0 Å². The summed E-state index contributed by atoms with van der Waals surface area (Å²) in [4.78, 5) is 0. The minimum absolute atomic E-state index is 0.0508. The van der Waals surface area contributed by atoms with Crippen LogP contribution in [-0.2, 0) is 11.8 Å². The van der Waals surface area contributed by atoms with Crippen molar-refractivity contribution in [2.45, 2.75) is 11.8 Å². The molecule has 2 aromatic carbocycles. The second-order valence-electron chi connectivity index (χ2n) is 4.95. The molecule has 21 heavy (non-hydrogen) atoms. The quantitative estimate of drug-likeness (QED) is 0.880. The first-order valence-electron chi connectivity index (χ1n) is 6.43. The van der Waals surface area contributed by atoms with Crippen LogP contribution in [0, 0.1) is 5.82 Å². The van der Waals surface area contributed by atoms with Crippen molar-refractivity contribution in [3.8, 4) is 0 Å². The molecule has 5 heteroatoms. The Balaban J connectivity index is 2.51. The van der Waals surface area contributed by atoms with E-state index in [1.807, 2.05) is 0 Å². The number of benzene rings is 2. The lowest BCUT2D eigenvalue weighted by molar-refractivity contribution is 0.115. The van der Waals surface area contributed by atoms with Crippen molar-refractivity contribution in [3.05, 3.63) is 69.5 Å². The zero-order valence-corrected chi connectivity index (χ0v) is 12.7. The van der Waals surface area contributed by atoms with Crippen molar-refractivity contribution in [1.82, 2.24) is 0 Å². The van der Waals surface area contributed by atoms with Gasteiger partial charge in [-0.3, -0.25) is 0 Å². The molecule has 0 aromatic heterocycles. The smallest absolute Gasteiger partial charge is 0.127 e. The molecule has 0 amide bonds. The molecule has 0 aliphatic rings. The summed E-state index contributed by atoms with van der Waals surface area (Å²) in [6.45, 7) is -0.754. The zero-order chi connectivity index (χ0) is 15.5. The number of aliphatic hydroxyl groups is 2. The summed E-state index contributed by atoms with van der Waals surface area (Å²) in [6, 6.07) is 11.3. The van der Waals surface area contributed by atoms with E-state index >= 15 is 0 Å². The Morgan fingerprint density at radius 2 is 1.52 bits per heavy atom. The van der Waals surface area contributed by atoms with Gasteiger partial charge in [-0.25, -0.2) is 4.39 Å². The fourth-order valence-corrected chi connectivity index (χ4v) is 2.92. The van der Waals surface area contributed by atoms with Crippen LogP contribution >= 0.6 is 23.2 Å². The molecule has 2 N–H and O–H groups in total. The lowest BCUT2D eigenvalue weighted by Crippen LogP contribution is -2.38. The number of hydrogen-bond donors (Lipinski definition) is 2. The number of aliphatic hydroxyl groups excluding tert-OH is 2. The van der Waals surface area contributed by atoms with E-state index < -0.39 is 11.2 Å². The topological polar surface area (TPSA) is 40.5 Å². The van der Waals surface area contributed by atoms with Crippen molar-refractivity contribution in [3.63, 3.8) is 0 Å². The van der Waals surface area contributed by atoms with Gasteiger partial charge in [-0.15, -0.1) is 0 Å². The van der Waals surface area contributed by atoms with E-state index in [1.54, 1.807) is 30.3 Å². The maximum absolute atomic E-state index is 14.0. The van der Waals surface area contributed by atoms with Gasteiger partial charge in [0.1, 0.15) is 5.82 Å². The van der Waals surface area contributed by atoms with Gasteiger partial charge in [0.25, 0.3) is 0 Å². The van der Waals surface area contributed by atoms with Gasteiger partial charge in [-0.05, 0) is 30.2 Å². The Hall–Kier alpha value is -1.13. The Bertz CT molecular complexity index is 607. The van der Waals surface area contributed by atoms with E-state index in [0.29, 0.717) is 10.6 Å². The van der Waals surface area contributed by atoms with Gasteiger partial charge in [0.2, 0.25) is 0 Å². The molecule has 2 aromatic rings. The maximum atomic E-state index is 14.0. The molecule has 0 heterocycles. The molecule has 0 fully saturated rings. The van der Waals surface area contributed by atoms with E-state index in [0.717, 1.165) is 0 Å². The van der Waals surface area contributed by atoms with Crippen LogP contribution in [0.2, 0.25) is 10.0 Å². The molecule has 112 valence electrons. The van der Waals surface area contributed by atoms with Crippen LogP contribution in [0.4, 0.5) is 4.39 Å². The molecule has 0 radical (unpaired) electrons. The first-order valence-corrected chi connectivity index (χ1v) is 7.19. The standard InChI is InChI=1S/C16H15Cl2FO2/c17-13-6-3-7-15(19)11(13)8-16(9-20,10-21)12-4-1-2-5-14(12)18/h1-7,20-21H,8-10H2. The maximum Gasteiger partial charge on any atom is 0.127 e. The SMILES string of the molecule is OCC(CO)(Cc1c(F)cccc1Cl)c1ccccc1Cl. The van der Waals surface area contributed by atoms with Crippen molar-refractivity contribution >= 4 is 23.2 Å². The van der Waals surface area contributed by atoms with E-state index in [-0.39, 0.29) is 30.2 Å². The molecule has 0 unspecified atom stereocenters. The number of hydrogen-bond acceptors (Lipinski definition) is 2. The van der Waals surface area contributed by atoms with Crippen LogP contribution in [0.15, 0.2) is 42.5 Å². The number of halogens is 3. The van der Waals surface area contributed by atoms with Crippen LogP contribution in [-0.4, -0.2) is 23.4 Å². The molecular weight excluding hydrogens is 314 g/mol. The molecule has 0 bridgehead atoms. The second-order valence-corrected chi connectivity index (χ2v) is 5.77.